The molecule has 0 aromatic heterocycles. The van der Waals surface area contributed by atoms with Gasteiger partial charge < -0.3 is 20.4 Å². The highest BCUT2D eigenvalue weighted by Crippen LogP contribution is 2.12. The molecule has 5 nitrogen and oxygen atoms in total. The zero-order chi connectivity index (χ0) is 19.9. The molecule has 0 heterocycles. The summed E-state index contributed by atoms with van der Waals surface area (Å²) in [6, 6.07) is 0. The standard InChI is InChI=1S/C18H34O2.C3H8O3/c1-2-3-4-5-6-7-8-9-10-11-12-13-14-15-16-17-18(19)20;4-1-3(6)2-5/h16-17H,2-15H2,1H3,(H,19,20);3-6H,1-2H2. The Morgan fingerprint density at radius 2 is 1.15 bits per heavy atom. The van der Waals surface area contributed by atoms with Gasteiger partial charge in [0, 0.05) is 6.08 Å². The molecule has 156 valence electrons. The normalized spacial score (nSPS) is 11.0. The molecule has 0 amide bonds. The molecule has 0 aromatic carbocycles. The second kappa shape index (κ2) is 24.1. The quantitative estimate of drug-likeness (QED) is 0.223. The molecule has 0 aromatic rings. The van der Waals surface area contributed by atoms with Crippen molar-refractivity contribution >= 4 is 5.97 Å². The van der Waals surface area contributed by atoms with E-state index in [4.69, 9.17) is 20.4 Å². The SMILES string of the molecule is CCCCCCCCCCCCCCCC=CC(=O)O.OCC(O)CO. The average Bonchev–Trinajstić information content (AvgIpc) is 2.64. The van der Waals surface area contributed by atoms with E-state index in [0.717, 1.165) is 12.8 Å². The van der Waals surface area contributed by atoms with Crippen LogP contribution >= 0.6 is 0 Å². The van der Waals surface area contributed by atoms with Gasteiger partial charge in [0.2, 0.25) is 0 Å². The summed E-state index contributed by atoms with van der Waals surface area (Å²) in [4.78, 5) is 10.2. The Hall–Kier alpha value is -0.910. The van der Waals surface area contributed by atoms with Crippen LogP contribution in [-0.4, -0.2) is 45.7 Å². The topological polar surface area (TPSA) is 98.0 Å². The van der Waals surface area contributed by atoms with Gasteiger partial charge in [0.05, 0.1) is 13.2 Å². The summed E-state index contributed by atoms with van der Waals surface area (Å²) in [7, 11) is 0. The van der Waals surface area contributed by atoms with Gasteiger partial charge in [-0.1, -0.05) is 90.0 Å². The van der Waals surface area contributed by atoms with Gasteiger partial charge in [-0.3, -0.25) is 0 Å². The maximum Gasteiger partial charge on any atom is 0.327 e. The predicted molar refractivity (Wildman–Crippen MR) is 107 cm³/mol. The Bertz CT molecular complexity index is 301. The Morgan fingerprint density at radius 3 is 1.46 bits per heavy atom. The Labute approximate surface area is 160 Å². The lowest BCUT2D eigenvalue weighted by Gasteiger charge is -2.02. The van der Waals surface area contributed by atoms with E-state index in [1.54, 1.807) is 6.08 Å². The summed E-state index contributed by atoms with van der Waals surface area (Å²) in [6.45, 7) is 1.54. The van der Waals surface area contributed by atoms with Gasteiger partial charge in [-0.05, 0) is 12.8 Å². The maximum absolute atomic E-state index is 10.2. The molecule has 0 unspecified atom stereocenters. The lowest BCUT2D eigenvalue weighted by atomic mass is 10.0. The zero-order valence-electron chi connectivity index (χ0n) is 16.7. The summed E-state index contributed by atoms with van der Waals surface area (Å²) >= 11 is 0. The van der Waals surface area contributed by atoms with E-state index in [-0.39, 0.29) is 13.2 Å². The molecule has 0 aliphatic rings. The van der Waals surface area contributed by atoms with E-state index in [1.807, 2.05) is 0 Å². The minimum Gasteiger partial charge on any atom is -0.478 e. The Balaban J connectivity index is 0. The minimum absolute atomic E-state index is 0.365. The number of carboxylic acid groups (broad SMARTS) is 1. The van der Waals surface area contributed by atoms with E-state index in [1.165, 1.54) is 83.1 Å². The molecular weight excluding hydrogens is 332 g/mol. The van der Waals surface area contributed by atoms with Crippen LogP contribution in [0.1, 0.15) is 96.8 Å². The monoisotopic (exact) mass is 374 g/mol. The number of allylic oxidation sites excluding steroid dienone is 1. The number of carbonyl (C=O) groups is 1. The lowest BCUT2D eigenvalue weighted by molar-refractivity contribution is -0.131. The second-order valence-electron chi connectivity index (χ2n) is 6.79. The van der Waals surface area contributed by atoms with Gasteiger partial charge in [-0.2, -0.15) is 0 Å². The van der Waals surface area contributed by atoms with Crippen molar-refractivity contribution in [3.05, 3.63) is 12.2 Å². The molecule has 0 saturated carbocycles. The van der Waals surface area contributed by atoms with Gasteiger partial charge in [-0.15, -0.1) is 0 Å². The molecule has 5 heteroatoms. The van der Waals surface area contributed by atoms with Gasteiger partial charge in [0.1, 0.15) is 6.10 Å². The number of aliphatic carboxylic acids is 1. The molecule has 0 radical (unpaired) electrons. The number of hydrogen-bond acceptors (Lipinski definition) is 4. The van der Waals surface area contributed by atoms with Gasteiger partial charge >= 0.3 is 5.97 Å². The van der Waals surface area contributed by atoms with Crippen LogP contribution in [0.25, 0.3) is 0 Å². The van der Waals surface area contributed by atoms with Crippen LogP contribution in [0.4, 0.5) is 0 Å². The van der Waals surface area contributed by atoms with Crippen molar-refractivity contribution in [3.8, 4) is 0 Å². The van der Waals surface area contributed by atoms with Crippen molar-refractivity contribution < 1.29 is 25.2 Å². The molecular formula is C21H42O5. The Kier molecular flexibility index (Phi) is 25.3. The zero-order valence-corrected chi connectivity index (χ0v) is 16.7. The predicted octanol–water partition coefficient (Wildman–Crippen LogP) is 4.44. The number of aliphatic hydroxyl groups is 3. The molecule has 0 atom stereocenters. The van der Waals surface area contributed by atoms with Crippen LogP contribution in [0.15, 0.2) is 12.2 Å². The molecule has 4 N–H and O–H groups in total. The summed E-state index contributed by atoms with van der Waals surface area (Å²) in [5.41, 5.74) is 0. The van der Waals surface area contributed by atoms with Crippen LogP contribution in [0.5, 0.6) is 0 Å². The van der Waals surface area contributed by atoms with Crippen LogP contribution in [-0.2, 0) is 4.79 Å². The van der Waals surface area contributed by atoms with Crippen LogP contribution < -0.4 is 0 Å². The summed E-state index contributed by atoms with van der Waals surface area (Å²) < 4.78 is 0. The third-order valence-electron chi connectivity index (χ3n) is 4.16. The van der Waals surface area contributed by atoms with Crippen LogP contribution in [0.3, 0.4) is 0 Å². The third kappa shape index (κ3) is 27.9. The first-order chi connectivity index (χ1) is 12.6. The smallest absolute Gasteiger partial charge is 0.327 e. The maximum atomic E-state index is 10.2. The van der Waals surface area contributed by atoms with E-state index in [2.05, 4.69) is 6.92 Å². The second-order valence-corrected chi connectivity index (χ2v) is 6.79. The highest BCUT2D eigenvalue weighted by Gasteiger charge is 1.94. The fourth-order valence-electron chi connectivity index (χ4n) is 2.52. The Morgan fingerprint density at radius 1 is 0.769 bits per heavy atom. The number of unbranched alkanes of at least 4 members (excludes halogenated alkanes) is 13. The first-order valence-electron chi connectivity index (χ1n) is 10.4. The average molecular weight is 375 g/mol. The first-order valence-corrected chi connectivity index (χ1v) is 10.4. The van der Waals surface area contributed by atoms with Crippen molar-refractivity contribution in [1.82, 2.24) is 0 Å². The summed E-state index contributed by atoms with van der Waals surface area (Å²) in [6.07, 6.45) is 20.6. The molecule has 0 bridgehead atoms. The molecule has 0 aliphatic heterocycles. The molecule has 0 rings (SSSR count). The number of aliphatic hydroxyl groups excluding tert-OH is 3. The van der Waals surface area contributed by atoms with Gasteiger partial charge in [-0.25, -0.2) is 4.79 Å². The van der Waals surface area contributed by atoms with E-state index in [9.17, 15) is 4.79 Å². The van der Waals surface area contributed by atoms with Crippen LogP contribution in [0.2, 0.25) is 0 Å². The number of hydrogen-bond donors (Lipinski definition) is 4. The first kappa shape index (κ1) is 27.3. The molecule has 0 fully saturated rings. The van der Waals surface area contributed by atoms with Crippen molar-refractivity contribution in [3.63, 3.8) is 0 Å². The highest BCUT2D eigenvalue weighted by atomic mass is 16.4. The summed E-state index contributed by atoms with van der Waals surface area (Å²) in [5.74, 6) is -0.834. The van der Waals surface area contributed by atoms with Crippen molar-refractivity contribution in [2.45, 2.75) is 103 Å². The van der Waals surface area contributed by atoms with Crippen LogP contribution in [0, 0.1) is 0 Å². The van der Waals surface area contributed by atoms with Crippen molar-refractivity contribution in [2.24, 2.45) is 0 Å². The molecule has 0 saturated heterocycles. The minimum atomic E-state index is -0.954. The fraction of sp³-hybridized carbons (Fsp3) is 0.857. The highest BCUT2D eigenvalue weighted by molar-refractivity contribution is 5.79. The van der Waals surface area contributed by atoms with Crippen molar-refractivity contribution in [1.29, 1.82) is 0 Å². The largest absolute Gasteiger partial charge is 0.478 e. The molecule has 0 aliphatic carbocycles. The third-order valence-corrected chi connectivity index (χ3v) is 4.16. The molecule has 26 heavy (non-hydrogen) atoms. The summed E-state index contributed by atoms with van der Waals surface area (Å²) in [5, 5.41) is 32.4. The lowest BCUT2D eigenvalue weighted by Crippen LogP contribution is -2.15. The molecule has 0 spiro atoms. The number of carboxylic acids is 1. The fourth-order valence-corrected chi connectivity index (χ4v) is 2.52. The number of rotatable bonds is 17. The van der Waals surface area contributed by atoms with E-state index >= 15 is 0 Å². The van der Waals surface area contributed by atoms with Gasteiger partial charge in [0.15, 0.2) is 0 Å². The van der Waals surface area contributed by atoms with Crippen molar-refractivity contribution in [2.75, 3.05) is 13.2 Å². The van der Waals surface area contributed by atoms with E-state index < -0.39 is 12.1 Å². The van der Waals surface area contributed by atoms with E-state index in [0.29, 0.717) is 0 Å². The van der Waals surface area contributed by atoms with Gasteiger partial charge in [0.25, 0.3) is 0 Å².